The Bertz CT molecular complexity index is 1120. The molecule has 36 heavy (non-hydrogen) atoms. The highest BCUT2D eigenvalue weighted by molar-refractivity contribution is 5.74. The molecule has 1 atom stereocenters. The second kappa shape index (κ2) is 14.1. The number of methoxy groups -OCH3 is 1. The van der Waals surface area contributed by atoms with Crippen LogP contribution in [0.25, 0.3) is 17.5 Å². The SMILES string of the molecule is CCOC(=O)C(CCC=Cc1cc(OC)ccc1OCCc1nc(-c2ccccc2)oc1C)OCC. The van der Waals surface area contributed by atoms with Gasteiger partial charge in [-0.05, 0) is 63.9 Å². The molecule has 3 rings (SSSR count). The minimum absolute atomic E-state index is 0.322. The average Bonchev–Trinajstić information content (AvgIpc) is 3.27. The van der Waals surface area contributed by atoms with Gasteiger partial charge in [0.1, 0.15) is 17.3 Å². The molecule has 7 nitrogen and oxygen atoms in total. The number of ether oxygens (including phenoxy) is 4. The van der Waals surface area contributed by atoms with Crippen molar-refractivity contribution in [3.8, 4) is 23.0 Å². The van der Waals surface area contributed by atoms with Crippen LogP contribution in [0.3, 0.4) is 0 Å². The maximum absolute atomic E-state index is 12.1. The molecule has 2 aromatic carbocycles. The lowest BCUT2D eigenvalue weighted by atomic mass is 10.1. The maximum atomic E-state index is 12.1. The van der Waals surface area contributed by atoms with Crippen LogP contribution in [0.1, 0.15) is 43.7 Å². The molecule has 7 heteroatoms. The van der Waals surface area contributed by atoms with Crippen LogP contribution in [0.4, 0.5) is 0 Å². The van der Waals surface area contributed by atoms with E-state index in [2.05, 4.69) is 4.98 Å². The lowest BCUT2D eigenvalue weighted by Crippen LogP contribution is -2.26. The molecule has 1 aromatic heterocycles. The lowest BCUT2D eigenvalue weighted by molar-refractivity contribution is -0.156. The topological polar surface area (TPSA) is 80.0 Å². The number of aryl methyl sites for hydroxylation is 1. The second-order valence-corrected chi connectivity index (χ2v) is 8.07. The first-order valence-corrected chi connectivity index (χ1v) is 12.3. The monoisotopic (exact) mass is 493 g/mol. The molecule has 0 fully saturated rings. The third-order valence-corrected chi connectivity index (χ3v) is 5.54. The number of aromatic nitrogens is 1. The number of nitrogens with zero attached hydrogens (tertiary/aromatic N) is 1. The van der Waals surface area contributed by atoms with Gasteiger partial charge in [0.05, 0.1) is 26.0 Å². The van der Waals surface area contributed by atoms with Crippen LogP contribution in [0.15, 0.2) is 59.0 Å². The Morgan fingerprint density at radius 1 is 1.11 bits per heavy atom. The molecular weight excluding hydrogens is 458 g/mol. The van der Waals surface area contributed by atoms with Crippen molar-refractivity contribution >= 4 is 12.0 Å². The summed E-state index contributed by atoms with van der Waals surface area (Å²) in [6.45, 7) is 6.82. The fourth-order valence-electron chi connectivity index (χ4n) is 3.70. The van der Waals surface area contributed by atoms with Gasteiger partial charge in [-0.25, -0.2) is 9.78 Å². The predicted octanol–water partition coefficient (Wildman–Crippen LogP) is 6.04. The zero-order valence-electron chi connectivity index (χ0n) is 21.5. The molecule has 1 heterocycles. The number of allylic oxidation sites excluding steroid dienone is 1. The summed E-state index contributed by atoms with van der Waals surface area (Å²) in [6, 6.07) is 15.5. The zero-order chi connectivity index (χ0) is 25.8. The second-order valence-electron chi connectivity index (χ2n) is 8.07. The van der Waals surface area contributed by atoms with Crippen molar-refractivity contribution in [3.05, 3.63) is 71.6 Å². The summed E-state index contributed by atoms with van der Waals surface area (Å²) >= 11 is 0. The van der Waals surface area contributed by atoms with Gasteiger partial charge in [0.15, 0.2) is 6.10 Å². The highest BCUT2D eigenvalue weighted by atomic mass is 16.6. The van der Waals surface area contributed by atoms with Gasteiger partial charge in [0.2, 0.25) is 5.89 Å². The quantitative estimate of drug-likeness (QED) is 0.253. The van der Waals surface area contributed by atoms with Crippen molar-refractivity contribution in [2.75, 3.05) is 26.9 Å². The lowest BCUT2D eigenvalue weighted by Gasteiger charge is -2.14. The van der Waals surface area contributed by atoms with Gasteiger partial charge >= 0.3 is 5.97 Å². The number of carbonyl (C=O) groups excluding carboxylic acids is 1. The van der Waals surface area contributed by atoms with E-state index < -0.39 is 6.10 Å². The molecule has 0 saturated carbocycles. The number of hydrogen-bond donors (Lipinski definition) is 0. The van der Waals surface area contributed by atoms with Crippen LogP contribution in [-0.2, 0) is 20.7 Å². The Hall–Kier alpha value is -3.58. The van der Waals surface area contributed by atoms with E-state index in [-0.39, 0.29) is 5.97 Å². The van der Waals surface area contributed by atoms with E-state index in [1.165, 1.54) is 0 Å². The van der Waals surface area contributed by atoms with E-state index in [1.54, 1.807) is 14.0 Å². The molecule has 0 aliphatic rings. The fourth-order valence-corrected chi connectivity index (χ4v) is 3.70. The Morgan fingerprint density at radius 2 is 1.92 bits per heavy atom. The summed E-state index contributed by atoms with van der Waals surface area (Å²) in [4.78, 5) is 16.7. The molecule has 0 saturated heterocycles. The highest BCUT2D eigenvalue weighted by Crippen LogP contribution is 2.27. The molecule has 3 aromatic rings. The first-order chi connectivity index (χ1) is 17.5. The number of benzene rings is 2. The van der Waals surface area contributed by atoms with Gasteiger partial charge < -0.3 is 23.4 Å². The molecule has 0 radical (unpaired) electrons. The minimum atomic E-state index is -0.563. The van der Waals surface area contributed by atoms with Crippen LogP contribution < -0.4 is 9.47 Å². The summed E-state index contributed by atoms with van der Waals surface area (Å²) < 4.78 is 28.0. The highest BCUT2D eigenvalue weighted by Gasteiger charge is 2.19. The van der Waals surface area contributed by atoms with E-state index in [9.17, 15) is 4.79 Å². The van der Waals surface area contributed by atoms with E-state index in [0.717, 1.165) is 34.1 Å². The van der Waals surface area contributed by atoms with Crippen LogP contribution >= 0.6 is 0 Å². The van der Waals surface area contributed by atoms with Crippen molar-refractivity contribution in [2.24, 2.45) is 0 Å². The van der Waals surface area contributed by atoms with Gasteiger partial charge in [-0.1, -0.05) is 30.4 Å². The average molecular weight is 494 g/mol. The molecule has 1 unspecified atom stereocenters. The summed E-state index contributed by atoms with van der Waals surface area (Å²) in [5.41, 5.74) is 2.71. The number of esters is 1. The third kappa shape index (κ3) is 7.71. The normalized spacial score (nSPS) is 12.0. The molecule has 0 aliphatic carbocycles. The smallest absolute Gasteiger partial charge is 0.335 e. The van der Waals surface area contributed by atoms with Crippen LogP contribution in [0.5, 0.6) is 11.5 Å². The van der Waals surface area contributed by atoms with E-state index in [4.69, 9.17) is 23.4 Å². The van der Waals surface area contributed by atoms with Crippen molar-refractivity contribution in [1.29, 1.82) is 0 Å². The van der Waals surface area contributed by atoms with Gasteiger partial charge in [-0.2, -0.15) is 0 Å². The largest absolute Gasteiger partial charge is 0.497 e. The standard InChI is InChI=1S/C29H35NO6/c1-5-33-27(29(31)34-6-2)15-11-10-14-23-20-24(32-4)16-17-26(23)35-19-18-25-21(3)36-28(30-25)22-12-8-7-9-13-22/h7-10,12-14,16-17,20,27H,5-6,11,15,18-19H2,1-4H3. The summed E-state index contributed by atoms with van der Waals surface area (Å²) in [5, 5.41) is 0. The molecule has 0 spiro atoms. The minimum Gasteiger partial charge on any atom is -0.497 e. The Morgan fingerprint density at radius 3 is 2.64 bits per heavy atom. The van der Waals surface area contributed by atoms with Crippen molar-refractivity contribution in [2.45, 2.75) is 46.1 Å². The number of oxazole rings is 1. The Labute approximate surface area is 213 Å². The van der Waals surface area contributed by atoms with E-state index in [1.807, 2.05) is 74.5 Å². The first-order valence-electron chi connectivity index (χ1n) is 12.3. The van der Waals surface area contributed by atoms with Crippen molar-refractivity contribution < 1.29 is 28.2 Å². The number of hydrogen-bond acceptors (Lipinski definition) is 7. The summed E-state index contributed by atoms with van der Waals surface area (Å²) in [7, 11) is 1.63. The number of carbonyl (C=O) groups is 1. The molecule has 0 aliphatic heterocycles. The Balaban J connectivity index is 1.62. The molecule has 0 amide bonds. The van der Waals surface area contributed by atoms with Crippen molar-refractivity contribution in [3.63, 3.8) is 0 Å². The van der Waals surface area contributed by atoms with Gasteiger partial charge in [-0.3, -0.25) is 0 Å². The van der Waals surface area contributed by atoms with Crippen LogP contribution in [-0.4, -0.2) is 44.0 Å². The van der Waals surface area contributed by atoms with Crippen LogP contribution in [0.2, 0.25) is 0 Å². The number of rotatable bonds is 14. The van der Waals surface area contributed by atoms with Gasteiger partial charge in [0.25, 0.3) is 0 Å². The zero-order valence-corrected chi connectivity index (χ0v) is 21.5. The molecule has 0 N–H and O–H groups in total. The van der Waals surface area contributed by atoms with Crippen LogP contribution in [0, 0.1) is 6.92 Å². The molecular formula is C29H35NO6. The molecule has 0 bridgehead atoms. The predicted molar refractivity (Wildman–Crippen MR) is 139 cm³/mol. The molecule has 192 valence electrons. The maximum Gasteiger partial charge on any atom is 0.335 e. The van der Waals surface area contributed by atoms with Gasteiger partial charge in [-0.15, -0.1) is 0 Å². The fraction of sp³-hybridized carbons (Fsp3) is 0.379. The van der Waals surface area contributed by atoms with Gasteiger partial charge in [0, 0.05) is 24.2 Å². The van der Waals surface area contributed by atoms with E-state index in [0.29, 0.717) is 45.0 Å². The van der Waals surface area contributed by atoms with Crippen molar-refractivity contribution in [1.82, 2.24) is 4.98 Å². The Kier molecular flexibility index (Phi) is 10.6. The summed E-state index contributed by atoms with van der Waals surface area (Å²) in [6.07, 6.45) is 5.22. The summed E-state index contributed by atoms with van der Waals surface area (Å²) in [5.74, 6) is 2.56. The van der Waals surface area contributed by atoms with E-state index >= 15 is 0 Å². The third-order valence-electron chi connectivity index (χ3n) is 5.54. The first kappa shape index (κ1) is 27.0.